The summed E-state index contributed by atoms with van der Waals surface area (Å²) in [5.41, 5.74) is 1.62. The van der Waals surface area contributed by atoms with E-state index >= 15 is 0 Å². The SMILES string of the molecule is COC(=O)c1occc1COC(=O)c1ccc(N2C(=O)c3ccccc3C2=O)cc1. The molecule has 8 nitrogen and oxygen atoms in total. The van der Waals surface area contributed by atoms with E-state index in [1.54, 1.807) is 24.3 Å². The summed E-state index contributed by atoms with van der Waals surface area (Å²) in [6, 6.07) is 14.0. The van der Waals surface area contributed by atoms with Crippen molar-refractivity contribution in [3.8, 4) is 0 Å². The summed E-state index contributed by atoms with van der Waals surface area (Å²) in [6.07, 6.45) is 1.30. The Morgan fingerprint density at radius 3 is 2.13 bits per heavy atom. The van der Waals surface area contributed by atoms with E-state index in [2.05, 4.69) is 4.74 Å². The van der Waals surface area contributed by atoms with Crippen LogP contribution in [0.2, 0.25) is 0 Å². The molecule has 8 heteroatoms. The third kappa shape index (κ3) is 3.24. The molecule has 0 bridgehead atoms. The van der Waals surface area contributed by atoms with Crippen LogP contribution in [0, 0.1) is 0 Å². The number of imide groups is 1. The van der Waals surface area contributed by atoms with Gasteiger partial charge in [-0.1, -0.05) is 12.1 Å². The van der Waals surface area contributed by atoms with Crippen molar-refractivity contribution in [1.29, 1.82) is 0 Å². The summed E-state index contributed by atoms with van der Waals surface area (Å²) < 4.78 is 14.8. The standard InChI is InChI=1S/C22H15NO7/c1-28-22(27)18-14(10-11-29-18)12-30-21(26)13-6-8-15(9-7-13)23-19(24)16-4-2-3-5-17(16)20(23)25/h2-11H,12H2,1H3. The van der Waals surface area contributed by atoms with Gasteiger partial charge in [-0.2, -0.15) is 0 Å². The second kappa shape index (κ2) is 7.67. The van der Waals surface area contributed by atoms with Crippen molar-refractivity contribution in [2.75, 3.05) is 12.0 Å². The van der Waals surface area contributed by atoms with E-state index in [-0.39, 0.29) is 17.9 Å². The van der Waals surface area contributed by atoms with E-state index in [1.807, 2.05) is 0 Å². The molecule has 1 aromatic heterocycles. The first-order chi connectivity index (χ1) is 14.5. The zero-order valence-electron chi connectivity index (χ0n) is 15.8. The molecule has 150 valence electrons. The Bertz CT molecular complexity index is 1130. The van der Waals surface area contributed by atoms with Gasteiger partial charge in [0.05, 0.1) is 35.8 Å². The molecule has 0 spiro atoms. The molecule has 0 saturated heterocycles. The number of hydrogen-bond acceptors (Lipinski definition) is 7. The van der Waals surface area contributed by atoms with Crippen LogP contribution >= 0.6 is 0 Å². The molecular weight excluding hydrogens is 390 g/mol. The van der Waals surface area contributed by atoms with Crippen LogP contribution in [0.4, 0.5) is 5.69 Å². The largest absolute Gasteiger partial charge is 0.463 e. The second-order valence-corrected chi connectivity index (χ2v) is 6.38. The molecule has 0 fully saturated rings. The molecule has 0 atom stereocenters. The molecule has 1 aliphatic rings. The quantitative estimate of drug-likeness (QED) is 0.474. The van der Waals surface area contributed by atoms with Gasteiger partial charge in [-0.05, 0) is 42.5 Å². The lowest BCUT2D eigenvalue weighted by Crippen LogP contribution is -2.29. The van der Waals surface area contributed by atoms with Crippen LogP contribution in [0.1, 0.15) is 47.2 Å². The van der Waals surface area contributed by atoms with E-state index in [1.165, 1.54) is 43.7 Å². The number of benzene rings is 2. The van der Waals surface area contributed by atoms with Gasteiger partial charge in [0.15, 0.2) is 0 Å². The van der Waals surface area contributed by atoms with Crippen LogP contribution in [0.3, 0.4) is 0 Å². The third-order valence-electron chi connectivity index (χ3n) is 4.63. The summed E-state index contributed by atoms with van der Waals surface area (Å²) in [4.78, 5) is 50.0. The van der Waals surface area contributed by atoms with E-state index in [9.17, 15) is 19.2 Å². The Hall–Kier alpha value is -4.20. The summed E-state index contributed by atoms with van der Waals surface area (Å²) >= 11 is 0. The van der Waals surface area contributed by atoms with Gasteiger partial charge in [0, 0.05) is 5.56 Å². The molecular formula is C22H15NO7. The first-order valence-corrected chi connectivity index (χ1v) is 8.91. The molecule has 30 heavy (non-hydrogen) atoms. The number of ether oxygens (including phenoxy) is 2. The lowest BCUT2D eigenvalue weighted by Gasteiger charge is -2.14. The van der Waals surface area contributed by atoms with Crippen LogP contribution < -0.4 is 4.90 Å². The molecule has 0 aliphatic carbocycles. The normalized spacial score (nSPS) is 12.6. The topological polar surface area (TPSA) is 103 Å². The molecule has 0 saturated carbocycles. The number of anilines is 1. The monoisotopic (exact) mass is 405 g/mol. The number of fused-ring (bicyclic) bond motifs is 1. The number of carbonyl (C=O) groups is 4. The zero-order valence-corrected chi connectivity index (χ0v) is 15.8. The van der Waals surface area contributed by atoms with Crippen molar-refractivity contribution in [3.63, 3.8) is 0 Å². The highest BCUT2D eigenvalue weighted by atomic mass is 16.5. The third-order valence-corrected chi connectivity index (χ3v) is 4.63. The van der Waals surface area contributed by atoms with Gasteiger partial charge in [-0.25, -0.2) is 14.5 Å². The molecule has 1 aliphatic heterocycles. The molecule has 3 aromatic rings. The Labute approximate surface area is 170 Å². The highest BCUT2D eigenvalue weighted by molar-refractivity contribution is 6.34. The summed E-state index contributed by atoms with van der Waals surface area (Å²) in [6.45, 7) is -0.181. The van der Waals surface area contributed by atoms with Gasteiger partial charge in [-0.15, -0.1) is 0 Å². The van der Waals surface area contributed by atoms with Crippen molar-refractivity contribution in [2.24, 2.45) is 0 Å². The zero-order chi connectivity index (χ0) is 21.3. The number of hydrogen-bond donors (Lipinski definition) is 0. The highest BCUT2D eigenvalue weighted by Crippen LogP contribution is 2.28. The molecule has 2 aromatic carbocycles. The fourth-order valence-electron chi connectivity index (χ4n) is 3.12. The first kappa shape index (κ1) is 19.1. The van der Waals surface area contributed by atoms with Crippen molar-refractivity contribution in [2.45, 2.75) is 6.61 Å². The van der Waals surface area contributed by atoms with Crippen molar-refractivity contribution >= 4 is 29.4 Å². The first-order valence-electron chi connectivity index (χ1n) is 8.91. The lowest BCUT2D eigenvalue weighted by atomic mass is 10.1. The fraction of sp³-hybridized carbons (Fsp3) is 0.0909. The van der Waals surface area contributed by atoms with Crippen molar-refractivity contribution in [1.82, 2.24) is 0 Å². The van der Waals surface area contributed by atoms with Gasteiger partial charge in [-0.3, -0.25) is 9.59 Å². The molecule has 0 N–H and O–H groups in total. The lowest BCUT2D eigenvalue weighted by molar-refractivity contribution is 0.0453. The van der Waals surface area contributed by atoms with Crippen LogP contribution in [-0.4, -0.2) is 30.9 Å². The Kier molecular flexibility index (Phi) is 4.89. The number of furan rings is 1. The smallest absolute Gasteiger partial charge is 0.374 e. The summed E-state index contributed by atoms with van der Waals surface area (Å²) in [5, 5.41) is 0. The number of nitrogens with zero attached hydrogens (tertiary/aromatic N) is 1. The molecule has 4 rings (SSSR count). The summed E-state index contributed by atoms with van der Waals surface area (Å²) in [5.74, 6) is -2.18. The molecule has 2 heterocycles. The Morgan fingerprint density at radius 2 is 1.53 bits per heavy atom. The van der Waals surface area contributed by atoms with Gasteiger partial charge >= 0.3 is 11.9 Å². The van der Waals surface area contributed by atoms with Gasteiger partial charge in [0.2, 0.25) is 5.76 Å². The van der Waals surface area contributed by atoms with Gasteiger partial charge in [0.25, 0.3) is 11.8 Å². The van der Waals surface area contributed by atoms with E-state index in [4.69, 9.17) is 9.15 Å². The Morgan fingerprint density at radius 1 is 0.900 bits per heavy atom. The molecule has 2 amide bonds. The highest BCUT2D eigenvalue weighted by Gasteiger charge is 2.36. The minimum absolute atomic E-state index is 0.0359. The van der Waals surface area contributed by atoms with E-state index in [0.717, 1.165) is 4.90 Å². The molecule has 0 radical (unpaired) electrons. The Balaban J connectivity index is 1.46. The minimum Gasteiger partial charge on any atom is -0.463 e. The van der Waals surface area contributed by atoms with Crippen LogP contribution in [0.25, 0.3) is 0 Å². The summed E-state index contributed by atoms with van der Waals surface area (Å²) in [7, 11) is 1.22. The fourth-order valence-corrected chi connectivity index (χ4v) is 3.12. The average molecular weight is 405 g/mol. The van der Waals surface area contributed by atoms with Crippen LogP contribution in [0.15, 0.2) is 65.3 Å². The van der Waals surface area contributed by atoms with Crippen molar-refractivity contribution in [3.05, 3.63) is 88.9 Å². The number of carbonyl (C=O) groups excluding carboxylic acids is 4. The molecule has 0 unspecified atom stereocenters. The maximum Gasteiger partial charge on any atom is 0.374 e. The average Bonchev–Trinajstić information content (AvgIpc) is 3.35. The number of rotatable bonds is 5. The maximum absolute atomic E-state index is 12.5. The van der Waals surface area contributed by atoms with Gasteiger partial charge in [0.1, 0.15) is 6.61 Å². The predicted octanol–water partition coefficient (Wildman–Crippen LogP) is 3.22. The van der Waals surface area contributed by atoms with Crippen molar-refractivity contribution < 1.29 is 33.1 Å². The maximum atomic E-state index is 12.5. The van der Waals surface area contributed by atoms with Gasteiger partial charge < -0.3 is 13.9 Å². The number of esters is 2. The van der Waals surface area contributed by atoms with E-state index < -0.39 is 23.8 Å². The van der Waals surface area contributed by atoms with Crippen LogP contribution in [-0.2, 0) is 16.1 Å². The van der Waals surface area contributed by atoms with Crippen LogP contribution in [0.5, 0.6) is 0 Å². The predicted molar refractivity (Wildman–Crippen MR) is 103 cm³/mol. The van der Waals surface area contributed by atoms with E-state index in [0.29, 0.717) is 22.4 Å². The number of methoxy groups -OCH3 is 1. The number of amides is 2. The minimum atomic E-state index is -0.670. The second-order valence-electron chi connectivity index (χ2n) is 6.38.